The van der Waals surface area contributed by atoms with Crippen molar-refractivity contribution in [3.63, 3.8) is 0 Å². The summed E-state index contributed by atoms with van der Waals surface area (Å²) in [4.78, 5) is 10.5. The Morgan fingerprint density at radius 2 is 2.29 bits per heavy atom. The highest BCUT2D eigenvalue weighted by Gasteiger charge is 2.12. The molecule has 3 N–H and O–H groups in total. The monoisotopic (exact) mass is 369 g/mol. The van der Waals surface area contributed by atoms with Crippen LogP contribution in [0.3, 0.4) is 0 Å². The zero-order valence-electron chi connectivity index (χ0n) is 7.21. The number of carboxylic acids is 1. The lowest BCUT2D eigenvalue weighted by Gasteiger charge is -2.07. The molecule has 0 aliphatic carbocycles. The Hall–Kier alpha value is -0.140. The van der Waals surface area contributed by atoms with Crippen LogP contribution >= 0.6 is 38.5 Å². The Morgan fingerprint density at radius 1 is 1.64 bits per heavy atom. The van der Waals surface area contributed by atoms with Gasteiger partial charge in [-0.05, 0) is 62.6 Å². The van der Waals surface area contributed by atoms with Crippen molar-refractivity contribution in [1.29, 1.82) is 0 Å². The first-order chi connectivity index (χ1) is 6.50. The van der Waals surface area contributed by atoms with E-state index >= 15 is 0 Å². The van der Waals surface area contributed by atoms with Crippen LogP contribution in [-0.4, -0.2) is 17.1 Å². The zero-order chi connectivity index (χ0) is 10.7. The molecule has 0 fully saturated rings. The van der Waals surface area contributed by atoms with Crippen molar-refractivity contribution in [3.05, 3.63) is 31.8 Å². The minimum atomic E-state index is -0.973. The van der Waals surface area contributed by atoms with Gasteiger partial charge in [-0.15, -0.1) is 0 Å². The van der Waals surface area contributed by atoms with Crippen molar-refractivity contribution < 1.29 is 9.90 Å². The second-order valence-electron chi connectivity index (χ2n) is 2.90. The minimum Gasteiger partial charge on any atom is -0.480 e. The van der Waals surface area contributed by atoms with Gasteiger partial charge in [-0.3, -0.25) is 4.79 Å². The number of hydrogen-bond donors (Lipinski definition) is 2. The van der Waals surface area contributed by atoms with Gasteiger partial charge in [-0.2, -0.15) is 0 Å². The standard InChI is InChI=1S/C9H9BrINO2/c10-6-3-5(1-2-7(6)11)4-8(12)9(13)14/h1-3,8H,4,12H2,(H,13,14). The molecule has 3 nitrogen and oxygen atoms in total. The van der Waals surface area contributed by atoms with E-state index in [0.717, 1.165) is 13.6 Å². The highest BCUT2D eigenvalue weighted by atomic mass is 127. The van der Waals surface area contributed by atoms with E-state index in [1.165, 1.54) is 0 Å². The first-order valence-electron chi connectivity index (χ1n) is 3.93. The number of aliphatic carboxylic acids is 1. The highest BCUT2D eigenvalue weighted by Crippen LogP contribution is 2.20. The molecular formula is C9H9BrINO2. The minimum absolute atomic E-state index is 0.352. The van der Waals surface area contributed by atoms with E-state index in [4.69, 9.17) is 10.8 Å². The summed E-state index contributed by atoms with van der Waals surface area (Å²) in [5.74, 6) is -0.973. The average molecular weight is 370 g/mol. The van der Waals surface area contributed by atoms with Gasteiger partial charge in [0.2, 0.25) is 0 Å². The van der Waals surface area contributed by atoms with Crippen LogP contribution in [0.1, 0.15) is 5.56 Å². The normalized spacial score (nSPS) is 12.5. The largest absolute Gasteiger partial charge is 0.480 e. The second kappa shape index (κ2) is 5.09. The van der Waals surface area contributed by atoms with E-state index in [0.29, 0.717) is 6.42 Å². The summed E-state index contributed by atoms with van der Waals surface area (Å²) in [6.07, 6.45) is 0.352. The summed E-state index contributed by atoms with van der Waals surface area (Å²) in [6, 6.07) is 4.87. The molecule has 0 aliphatic rings. The van der Waals surface area contributed by atoms with Gasteiger partial charge < -0.3 is 10.8 Å². The molecule has 0 saturated carbocycles. The van der Waals surface area contributed by atoms with Gasteiger partial charge in [0.1, 0.15) is 6.04 Å². The molecule has 0 aliphatic heterocycles. The summed E-state index contributed by atoms with van der Waals surface area (Å²) < 4.78 is 2.06. The number of halogens is 2. The van der Waals surface area contributed by atoms with E-state index < -0.39 is 12.0 Å². The number of carboxylic acid groups (broad SMARTS) is 1. The Labute approximate surface area is 104 Å². The first-order valence-corrected chi connectivity index (χ1v) is 5.80. The fraction of sp³-hybridized carbons (Fsp3) is 0.222. The molecule has 0 radical (unpaired) electrons. The van der Waals surface area contributed by atoms with E-state index in [1.54, 1.807) is 0 Å². The smallest absolute Gasteiger partial charge is 0.320 e. The van der Waals surface area contributed by atoms with Crippen LogP contribution in [0.25, 0.3) is 0 Å². The number of benzene rings is 1. The third kappa shape index (κ3) is 3.21. The van der Waals surface area contributed by atoms with Gasteiger partial charge in [0.15, 0.2) is 0 Å². The van der Waals surface area contributed by atoms with E-state index in [1.807, 2.05) is 18.2 Å². The SMILES string of the molecule is NC(Cc1ccc(I)c(Br)c1)C(=O)O. The third-order valence-corrected chi connectivity index (χ3v) is 4.09. The molecule has 1 atom stereocenters. The van der Waals surface area contributed by atoms with Crippen molar-refractivity contribution >= 4 is 44.5 Å². The fourth-order valence-electron chi connectivity index (χ4n) is 1.01. The van der Waals surface area contributed by atoms with Gasteiger partial charge in [0.05, 0.1) is 0 Å². The molecule has 0 amide bonds. The second-order valence-corrected chi connectivity index (χ2v) is 4.91. The van der Waals surface area contributed by atoms with Crippen molar-refractivity contribution in [2.45, 2.75) is 12.5 Å². The number of hydrogen-bond acceptors (Lipinski definition) is 2. The van der Waals surface area contributed by atoms with Gasteiger partial charge in [0.25, 0.3) is 0 Å². The van der Waals surface area contributed by atoms with Crippen LogP contribution in [0.2, 0.25) is 0 Å². The molecule has 0 bridgehead atoms. The van der Waals surface area contributed by atoms with Crippen LogP contribution in [-0.2, 0) is 11.2 Å². The summed E-state index contributed by atoms with van der Waals surface area (Å²) in [5, 5.41) is 8.63. The lowest BCUT2D eigenvalue weighted by molar-refractivity contribution is -0.138. The highest BCUT2D eigenvalue weighted by molar-refractivity contribution is 14.1. The first kappa shape index (κ1) is 11.9. The molecule has 0 saturated heterocycles. The number of nitrogens with two attached hydrogens (primary N) is 1. The molecule has 1 rings (SSSR count). The summed E-state index contributed by atoms with van der Waals surface area (Å²) in [7, 11) is 0. The Balaban J connectivity index is 2.78. The van der Waals surface area contributed by atoms with Crippen LogP contribution in [0, 0.1) is 3.57 Å². The summed E-state index contributed by atoms with van der Waals surface area (Å²) >= 11 is 5.57. The van der Waals surface area contributed by atoms with Gasteiger partial charge in [-0.25, -0.2) is 0 Å². The molecule has 1 aromatic rings. The predicted molar refractivity (Wildman–Crippen MR) is 66.2 cm³/mol. The molecule has 5 heteroatoms. The maximum absolute atomic E-state index is 10.5. The third-order valence-electron chi connectivity index (χ3n) is 1.76. The summed E-state index contributed by atoms with van der Waals surface area (Å²) in [5.41, 5.74) is 6.34. The fourth-order valence-corrected chi connectivity index (χ4v) is 1.77. The van der Waals surface area contributed by atoms with Crippen molar-refractivity contribution in [3.8, 4) is 0 Å². The molecule has 76 valence electrons. The molecule has 1 unspecified atom stereocenters. The average Bonchev–Trinajstić information content (AvgIpc) is 2.11. The molecular weight excluding hydrogens is 361 g/mol. The topological polar surface area (TPSA) is 63.3 Å². The molecule has 0 aromatic heterocycles. The lowest BCUT2D eigenvalue weighted by Crippen LogP contribution is -2.32. The summed E-state index contributed by atoms with van der Waals surface area (Å²) in [6.45, 7) is 0. The molecule has 0 spiro atoms. The van der Waals surface area contributed by atoms with E-state index in [-0.39, 0.29) is 0 Å². The van der Waals surface area contributed by atoms with Crippen LogP contribution in [0.4, 0.5) is 0 Å². The molecule has 14 heavy (non-hydrogen) atoms. The van der Waals surface area contributed by atoms with Crippen molar-refractivity contribution in [1.82, 2.24) is 0 Å². The van der Waals surface area contributed by atoms with E-state index in [9.17, 15) is 4.79 Å². The Kier molecular flexibility index (Phi) is 4.33. The van der Waals surface area contributed by atoms with Crippen LogP contribution in [0.5, 0.6) is 0 Å². The Bertz CT molecular complexity index is 357. The lowest BCUT2D eigenvalue weighted by atomic mass is 10.1. The quantitative estimate of drug-likeness (QED) is 0.801. The zero-order valence-corrected chi connectivity index (χ0v) is 10.9. The maximum atomic E-state index is 10.5. The number of rotatable bonds is 3. The van der Waals surface area contributed by atoms with Crippen LogP contribution in [0.15, 0.2) is 22.7 Å². The van der Waals surface area contributed by atoms with Crippen molar-refractivity contribution in [2.75, 3.05) is 0 Å². The van der Waals surface area contributed by atoms with Gasteiger partial charge >= 0.3 is 5.97 Å². The number of carbonyl (C=O) groups is 1. The van der Waals surface area contributed by atoms with Gasteiger partial charge in [0, 0.05) is 8.04 Å². The van der Waals surface area contributed by atoms with E-state index in [2.05, 4.69) is 38.5 Å². The van der Waals surface area contributed by atoms with Crippen LogP contribution < -0.4 is 5.73 Å². The van der Waals surface area contributed by atoms with Gasteiger partial charge in [-0.1, -0.05) is 6.07 Å². The molecule has 0 heterocycles. The maximum Gasteiger partial charge on any atom is 0.320 e. The predicted octanol–water partition coefficient (Wildman–Crippen LogP) is 2.01. The van der Waals surface area contributed by atoms with Crippen molar-refractivity contribution in [2.24, 2.45) is 5.73 Å². The Morgan fingerprint density at radius 3 is 2.79 bits per heavy atom. The molecule has 1 aromatic carbocycles.